The average molecular weight is 248 g/mol. The Morgan fingerprint density at radius 1 is 1.41 bits per heavy atom. The van der Waals surface area contributed by atoms with Crippen molar-refractivity contribution in [2.45, 2.75) is 38.6 Å². The molecule has 17 heavy (non-hydrogen) atoms. The topological polar surface area (TPSA) is 82.1 Å². The first-order valence-corrected chi connectivity index (χ1v) is 5.44. The highest BCUT2D eigenvalue weighted by Crippen LogP contribution is 2.28. The molecule has 1 unspecified atom stereocenters. The monoisotopic (exact) mass is 248 g/mol. The molecular formula is C11H20O6. The van der Waals surface area contributed by atoms with Crippen molar-refractivity contribution in [2.24, 2.45) is 0 Å². The smallest absolute Gasteiger partial charge is 0.303 e. The number of rotatable bonds is 1. The molecule has 3 atom stereocenters. The van der Waals surface area contributed by atoms with Crippen LogP contribution < -0.4 is 0 Å². The summed E-state index contributed by atoms with van der Waals surface area (Å²) in [7, 11) is 1.00. The number of carbonyl (C=O) groups excluding carboxylic acids is 2. The standard InChI is InChI=1S/C8H12O4.C2H4O.CH4O/c1-5(9)12-7-4-11-6-2-3-10-8(6)7;1-2-3;1-2/h6-8H,2-4H2,1H3;2H,1H3;2H,1H3/t6-,7?,8+;;/m1../s1. The van der Waals surface area contributed by atoms with Crippen molar-refractivity contribution < 1.29 is 28.9 Å². The molecule has 0 aromatic rings. The van der Waals surface area contributed by atoms with Crippen LogP contribution in [0.2, 0.25) is 0 Å². The summed E-state index contributed by atoms with van der Waals surface area (Å²) in [5, 5.41) is 7.00. The molecule has 0 spiro atoms. The highest BCUT2D eigenvalue weighted by atomic mass is 16.6. The highest BCUT2D eigenvalue weighted by Gasteiger charge is 2.43. The third kappa shape index (κ3) is 5.25. The van der Waals surface area contributed by atoms with E-state index in [0.29, 0.717) is 13.2 Å². The fraction of sp³-hybridized carbons (Fsp3) is 0.818. The summed E-state index contributed by atoms with van der Waals surface area (Å²) in [6.07, 6.45) is 1.61. The van der Waals surface area contributed by atoms with E-state index in [2.05, 4.69) is 0 Å². The first kappa shape index (κ1) is 16.0. The van der Waals surface area contributed by atoms with Crippen LogP contribution in [0, 0.1) is 0 Å². The second-order valence-electron chi connectivity index (χ2n) is 3.38. The number of hydrogen-bond donors (Lipinski definition) is 1. The van der Waals surface area contributed by atoms with Crippen molar-refractivity contribution in [3.63, 3.8) is 0 Å². The Labute approximate surface area is 101 Å². The molecule has 2 aliphatic heterocycles. The van der Waals surface area contributed by atoms with Gasteiger partial charge in [0, 0.05) is 20.6 Å². The number of aliphatic hydroxyl groups excluding tert-OH is 1. The fourth-order valence-electron chi connectivity index (χ4n) is 1.74. The van der Waals surface area contributed by atoms with Crippen molar-refractivity contribution in [3.05, 3.63) is 0 Å². The minimum absolute atomic E-state index is 0.0195. The maximum Gasteiger partial charge on any atom is 0.303 e. The van der Waals surface area contributed by atoms with Gasteiger partial charge in [-0.3, -0.25) is 4.79 Å². The quantitative estimate of drug-likeness (QED) is 0.516. The first-order chi connectivity index (χ1) is 8.19. The molecule has 2 rings (SSSR count). The van der Waals surface area contributed by atoms with E-state index >= 15 is 0 Å². The van der Waals surface area contributed by atoms with Crippen LogP contribution in [0.15, 0.2) is 0 Å². The van der Waals surface area contributed by atoms with Crippen molar-refractivity contribution in [2.75, 3.05) is 20.3 Å². The number of aldehydes is 1. The maximum absolute atomic E-state index is 10.7. The average Bonchev–Trinajstić information content (AvgIpc) is 2.87. The van der Waals surface area contributed by atoms with E-state index in [9.17, 15) is 4.79 Å². The number of esters is 1. The molecule has 0 aromatic heterocycles. The summed E-state index contributed by atoms with van der Waals surface area (Å²) in [4.78, 5) is 19.5. The van der Waals surface area contributed by atoms with E-state index in [0.717, 1.165) is 19.8 Å². The molecule has 0 saturated carbocycles. The molecule has 1 N–H and O–H groups in total. The van der Waals surface area contributed by atoms with Gasteiger partial charge in [0.1, 0.15) is 12.4 Å². The third-order valence-electron chi connectivity index (χ3n) is 2.24. The number of fused-ring (bicyclic) bond motifs is 1. The molecule has 0 radical (unpaired) electrons. The molecule has 100 valence electrons. The van der Waals surface area contributed by atoms with Gasteiger partial charge >= 0.3 is 5.97 Å². The molecule has 2 saturated heterocycles. The molecule has 2 heterocycles. The predicted molar refractivity (Wildman–Crippen MR) is 59.5 cm³/mol. The van der Waals surface area contributed by atoms with Gasteiger partial charge in [0.05, 0.1) is 12.7 Å². The van der Waals surface area contributed by atoms with E-state index in [1.54, 1.807) is 0 Å². The summed E-state index contributed by atoms with van der Waals surface area (Å²) in [6, 6.07) is 0. The van der Waals surface area contributed by atoms with E-state index in [1.807, 2.05) is 0 Å². The lowest BCUT2D eigenvalue weighted by atomic mass is 10.1. The van der Waals surface area contributed by atoms with Crippen molar-refractivity contribution in [1.82, 2.24) is 0 Å². The van der Waals surface area contributed by atoms with Crippen molar-refractivity contribution in [3.8, 4) is 0 Å². The van der Waals surface area contributed by atoms with Crippen LogP contribution in [0.3, 0.4) is 0 Å². The zero-order valence-electron chi connectivity index (χ0n) is 10.4. The molecular weight excluding hydrogens is 228 g/mol. The van der Waals surface area contributed by atoms with Crippen LogP contribution in [0.4, 0.5) is 0 Å². The Hall–Kier alpha value is -0.980. The second kappa shape index (κ2) is 9.09. The lowest BCUT2D eigenvalue weighted by Crippen LogP contribution is -2.31. The molecule has 6 heteroatoms. The van der Waals surface area contributed by atoms with Gasteiger partial charge in [-0.05, 0) is 13.3 Å². The van der Waals surface area contributed by atoms with Crippen LogP contribution in [-0.4, -0.2) is 56.0 Å². The third-order valence-corrected chi connectivity index (χ3v) is 2.24. The Balaban J connectivity index is 0.000000450. The number of aliphatic hydroxyl groups is 1. The van der Waals surface area contributed by atoms with Gasteiger partial charge < -0.3 is 24.1 Å². The minimum atomic E-state index is -0.264. The van der Waals surface area contributed by atoms with Crippen molar-refractivity contribution >= 4 is 12.3 Å². The zero-order valence-corrected chi connectivity index (χ0v) is 10.4. The summed E-state index contributed by atoms with van der Waals surface area (Å²) in [5.74, 6) is -0.264. The van der Waals surface area contributed by atoms with Gasteiger partial charge in [-0.1, -0.05) is 0 Å². The zero-order chi connectivity index (χ0) is 13.3. The fourth-order valence-corrected chi connectivity index (χ4v) is 1.74. The number of ether oxygens (including phenoxy) is 3. The normalized spacial score (nSPS) is 29.1. The van der Waals surface area contributed by atoms with Gasteiger partial charge in [0.15, 0.2) is 6.10 Å². The van der Waals surface area contributed by atoms with Crippen LogP contribution in [0.1, 0.15) is 20.3 Å². The maximum atomic E-state index is 10.7. The molecule has 0 bridgehead atoms. The van der Waals surface area contributed by atoms with Gasteiger partial charge in [-0.25, -0.2) is 0 Å². The van der Waals surface area contributed by atoms with Crippen molar-refractivity contribution in [1.29, 1.82) is 0 Å². The van der Waals surface area contributed by atoms with Gasteiger partial charge in [0.25, 0.3) is 0 Å². The Morgan fingerprint density at radius 2 is 2.00 bits per heavy atom. The summed E-state index contributed by atoms with van der Waals surface area (Å²) >= 11 is 0. The Bertz CT molecular complexity index is 230. The summed E-state index contributed by atoms with van der Waals surface area (Å²) in [6.45, 7) is 4.05. The lowest BCUT2D eigenvalue weighted by Gasteiger charge is -2.14. The SMILES string of the molecule is CC(=O)OC1CO[C@@H]2CCO[C@H]12.CC=O.CO. The van der Waals surface area contributed by atoms with Gasteiger partial charge in [0.2, 0.25) is 0 Å². The van der Waals surface area contributed by atoms with E-state index < -0.39 is 0 Å². The summed E-state index contributed by atoms with van der Waals surface area (Å²) in [5.41, 5.74) is 0. The Kier molecular flexibility index (Phi) is 8.57. The molecule has 2 aliphatic rings. The molecule has 0 aliphatic carbocycles. The van der Waals surface area contributed by atoms with Crippen LogP contribution >= 0.6 is 0 Å². The number of carbonyl (C=O) groups is 2. The van der Waals surface area contributed by atoms with Gasteiger partial charge in [-0.15, -0.1) is 0 Å². The lowest BCUT2D eigenvalue weighted by molar-refractivity contribution is -0.150. The predicted octanol–water partition coefficient (Wildman–Crippen LogP) is -0.0805. The molecule has 0 amide bonds. The number of hydrogen-bond acceptors (Lipinski definition) is 6. The largest absolute Gasteiger partial charge is 0.457 e. The Morgan fingerprint density at radius 3 is 2.53 bits per heavy atom. The molecule has 6 nitrogen and oxygen atoms in total. The second-order valence-corrected chi connectivity index (χ2v) is 3.38. The first-order valence-electron chi connectivity index (χ1n) is 5.44. The minimum Gasteiger partial charge on any atom is -0.457 e. The molecule has 2 fully saturated rings. The van der Waals surface area contributed by atoms with Gasteiger partial charge in [-0.2, -0.15) is 0 Å². The van der Waals surface area contributed by atoms with Crippen LogP contribution in [0.25, 0.3) is 0 Å². The van der Waals surface area contributed by atoms with Crippen LogP contribution in [0.5, 0.6) is 0 Å². The highest BCUT2D eigenvalue weighted by molar-refractivity contribution is 5.66. The summed E-state index contributed by atoms with van der Waals surface area (Å²) < 4.78 is 15.8. The van der Waals surface area contributed by atoms with Crippen LogP contribution in [-0.2, 0) is 23.8 Å². The van der Waals surface area contributed by atoms with E-state index in [-0.39, 0.29) is 24.3 Å². The van der Waals surface area contributed by atoms with E-state index in [1.165, 1.54) is 13.8 Å². The molecule has 0 aromatic carbocycles. The van der Waals surface area contributed by atoms with E-state index in [4.69, 9.17) is 24.1 Å².